The first-order chi connectivity index (χ1) is 17.3. The largest absolute Gasteiger partial charge is 0.507 e. The zero-order chi connectivity index (χ0) is 24.6. The molecule has 2 aliphatic carbocycles. The van der Waals surface area contributed by atoms with E-state index in [1.807, 2.05) is 0 Å². The maximum Gasteiger partial charge on any atom is 0.122 e. The highest BCUT2D eigenvalue weighted by Crippen LogP contribution is 2.44. The van der Waals surface area contributed by atoms with Crippen LogP contribution in [0.15, 0.2) is 12.1 Å². The molecule has 2 saturated carbocycles. The van der Waals surface area contributed by atoms with Crippen molar-refractivity contribution in [1.82, 2.24) is 0 Å². The van der Waals surface area contributed by atoms with Gasteiger partial charge < -0.3 is 5.11 Å². The summed E-state index contributed by atoms with van der Waals surface area (Å²) in [5.41, 5.74) is 4.12. The number of phenolic OH excluding ortho intramolecular Hbond substituents is 1. The molecule has 0 bridgehead atoms. The van der Waals surface area contributed by atoms with E-state index in [0.29, 0.717) is 17.6 Å². The Labute approximate surface area is 222 Å². The van der Waals surface area contributed by atoms with Crippen LogP contribution in [0.5, 0.6) is 5.75 Å². The van der Waals surface area contributed by atoms with E-state index in [2.05, 4.69) is 30.8 Å². The molecular weight excluding hydrogens is 444 g/mol. The second-order valence-corrected chi connectivity index (χ2v) is 12.9. The van der Waals surface area contributed by atoms with E-state index < -0.39 is 0 Å². The quantitative estimate of drug-likeness (QED) is 0.215. The van der Waals surface area contributed by atoms with Crippen molar-refractivity contribution in [2.24, 2.45) is 0 Å². The molecular formula is C33H56OS. The van der Waals surface area contributed by atoms with Crippen LogP contribution in [0.25, 0.3) is 0 Å². The fourth-order valence-electron chi connectivity index (χ4n) is 6.51. The summed E-state index contributed by atoms with van der Waals surface area (Å²) in [4.78, 5) is 0. The molecule has 0 unspecified atom stereocenters. The van der Waals surface area contributed by atoms with E-state index in [9.17, 15) is 5.11 Å². The minimum absolute atomic E-state index is 0.594. The van der Waals surface area contributed by atoms with Gasteiger partial charge >= 0.3 is 0 Å². The summed E-state index contributed by atoms with van der Waals surface area (Å²) in [6.45, 7) is 2.30. The lowest BCUT2D eigenvalue weighted by Crippen LogP contribution is -2.10. The molecule has 200 valence electrons. The lowest BCUT2D eigenvalue weighted by Gasteiger charge is -2.28. The van der Waals surface area contributed by atoms with Gasteiger partial charge in [-0.25, -0.2) is 0 Å². The molecule has 0 spiro atoms. The zero-order valence-corrected chi connectivity index (χ0v) is 24.0. The number of phenols is 1. The fraction of sp³-hybridized carbons (Fsp3) is 0.818. The first kappa shape index (κ1) is 28.9. The van der Waals surface area contributed by atoms with Crippen LogP contribution in [0.1, 0.15) is 170 Å². The second kappa shape index (κ2) is 17.8. The van der Waals surface area contributed by atoms with Gasteiger partial charge in [0, 0.05) is 0 Å². The van der Waals surface area contributed by atoms with Crippen molar-refractivity contribution >= 4 is 11.8 Å². The van der Waals surface area contributed by atoms with Crippen molar-refractivity contribution in [1.29, 1.82) is 0 Å². The van der Waals surface area contributed by atoms with E-state index in [1.165, 1.54) is 169 Å². The fourth-order valence-corrected chi connectivity index (χ4v) is 7.47. The van der Waals surface area contributed by atoms with Crippen molar-refractivity contribution in [3.63, 3.8) is 0 Å². The third kappa shape index (κ3) is 10.7. The highest BCUT2D eigenvalue weighted by molar-refractivity contribution is 7.99. The summed E-state index contributed by atoms with van der Waals surface area (Å²) in [5.74, 6) is 4.50. The Morgan fingerprint density at radius 3 is 1.60 bits per heavy atom. The van der Waals surface area contributed by atoms with Gasteiger partial charge in [0.1, 0.15) is 5.75 Å². The predicted octanol–water partition coefficient (Wildman–Crippen LogP) is 11.1. The van der Waals surface area contributed by atoms with Gasteiger partial charge in [-0.05, 0) is 85.0 Å². The van der Waals surface area contributed by atoms with Crippen LogP contribution in [-0.2, 0) is 6.42 Å². The van der Waals surface area contributed by atoms with Gasteiger partial charge in [0.15, 0.2) is 0 Å². The Hall–Kier alpha value is -0.630. The molecule has 1 aromatic carbocycles. The van der Waals surface area contributed by atoms with Crippen LogP contribution in [0.3, 0.4) is 0 Å². The van der Waals surface area contributed by atoms with Crippen LogP contribution in [0, 0.1) is 0 Å². The van der Waals surface area contributed by atoms with E-state index in [-0.39, 0.29) is 0 Å². The van der Waals surface area contributed by atoms with Gasteiger partial charge in [-0.15, -0.1) is 0 Å². The first-order valence-electron chi connectivity index (χ1n) is 15.7. The molecule has 1 N–H and O–H groups in total. The summed E-state index contributed by atoms with van der Waals surface area (Å²) < 4.78 is 0. The predicted molar refractivity (Wildman–Crippen MR) is 157 cm³/mol. The van der Waals surface area contributed by atoms with Gasteiger partial charge in [0.05, 0.1) is 0 Å². The Bertz CT molecular complexity index is 633. The average molecular weight is 501 g/mol. The number of rotatable bonds is 17. The van der Waals surface area contributed by atoms with Gasteiger partial charge in [-0.2, -0.15) is 11.8 Å². The van der Waals surface area contributed by atoms with Crippen molar-refractivity contribution in [2.75, 3.05) is 11.5 Å². The Morgan fingerprint density at radius 1 is 0.629 bits per heavy atom. The lowest BCUT2D eigenvalue weighted by molar-refractivity contribution is 0.392. The standard InChI is InChI=1S/C33H56OS/c1-2-3-4-5-6-7-8-9-10-17-24-35-25-18-19-28-26-31(29-20-13-11-14-21-29)33(34)32(27-28)30-22-15-12-16-23-30/h26-27,29-30,34H,2-25H2,1H3. The lowest BCUT2D eigenvalue weighted by atomic mass is 9.78. The minimum atomic E-state index is 0.594. The minimum Gasteiger partial charge on any atom is -0.507 e. The molecule has 1 aromatic rings. The molecule has 2 heteroatoms. The summed E-state index contributed by atoms with van der Waals surface area (Å²) in [7, 11) is 0. The van der Waals surface area contributed by atoms with Crippen molar-refractivity contribution < 1.29 is 5.11 Å². The van der Waals surface area contributed by atoms with E-state index in [0.717, 1.165) is 0 Å². The maximum absolute atomic E-state index is 11.3. The number of aromatic hydroxyl groups is 1. The van der Waals surface area contributed by atoms with Crippen LogP contribution < -0.4 is 0 Å². The normalized spacial score (nSPS) is 17.7. The smallest absolute Gasteiger partial charge is 0.122 e. The molecule has 0 aromatic heterocycles. The highest BCUT2D eigenvalue weighted by atomic mass is 32.2. The molecule has 2 aliphatic rings. The average Bonchev–Trinajstić information content (AvgIpc) is 2.90. The van der Waals surface area contributed by atoms with E-state index >= 15 is 0 Å². The molecule has 0 heterocycles. The zero-order valence-electron chi connectivity index (χ0n) is 23.1. The number of benzene rings is 1. The van der Waals surface area contributed by atoms with Gasteiger partial charge in [-0.3, -0.25) is 0 Å². The molecule has 0 aliphatic heterocycles. The molecule has 35 heavy (non-hydrogen) atoms. The Morgan fingerprint density at radius 2 is 1.09 bits per heavy atom. The third-order valence-electron chi connectivity index (χ3n) is 8.72. The summed E-state index contributed by atoms with van der Waals surface area (Å²) in [5, 5.41) is 11.3. The van der Waals surface area contributed by atoms with Crippen molar-refractivity contribution in [3.8, 4) is 5.75 Å². The molecule has 3 rings (SSSR count). The molecule has 1 nitrogen and oxygen atoms in total. The monoisotopic (exact) mass is 500 g/mol. The number of thioether (sulfide) groups is 1. The van der Waals surface area contributed by atoms with Crippen LogP contribution >= 0.6 is 11.8 Å². The molecule has 0 atom stereocenters. The van der Waals surface area contributed by atoms with Crippen molar-refractivity contribution in [3.05, 3.63) is 28.8 Å². The van der Waals surface area contributed by atoms with Gasteiger partial charge in [-0.1, -0.05) is 115 Å². The highest BCUT2D eigenvalue weighted by Gasteiger charge is 2.25. The van der Waals surface area contributed by atoms with Gasteiger partial charge in [0.2, 0.25) is 0 Å². The number of unbranched alkanes of at least 4 members (excludes halogenated alkanes) is 9. The molecule has 2 fully saturated rings. The number of hydrogen-bond acceptors (Lipinski definition) is 2. The Kier molecular flexibility index (Phi) is 14.7. The number of aryl methyl sites for hydroxylation is 1. The summed E-state index contributed by atoms with van der Waals surface area (Å²) >= 11 is 2.17. The van der Waals surface area contributed by atoms with Crippen LogP contribution in [0.4, 0.5) is 0 Å². The van der Waals surface area contributed by atoms with E-state index in [4.69, 9.17) is 0 Å². The summed E-state index contributed by atoms with van der Waals surface area (Å²) in [6.07, 6.45) is 30.0. The van der Waals surface area contributed by atoms with Crippen LogP contribution in [-0.4, -0.2) is 16.6 Å². The van der Waals surface area contributed by atoms with Gasteiger partial charge in [0.25, 0.3) is 0 Å². The number of hydrogen-bond donors (Lipinski definition) is 1. The topological polar surface area (TPSA) is 20.2 Å². The van der Waals surface area contributed by atoms with Crippen molar-refractivity contribution in [2.45, 2.75) is 160 Å². The molecule has 0 amide bonds. The van der Waals surface area contributed by atoms with Crippen LogP contribution in [0.2, 0.25) is 0 Å². The molecule has 0 radical (unpaired) electrons. The summed E-state index contributed by atoms with van der Waals surface area (Å²) in [6, 6.07) is 4.81. The Balaban J connectivity index is 1.37. The SMILES string of the molecule is CCCCCCCCCCCCSCCCc1cc(C2CCCCC2)c(O)c(C2CCCCC2)c1. The first-order valence-corrected chi connectivity index (χ1v) is 16.9. The second-order valence-electron chi connectivity index (χ2n) is 11.7. The maximum atomic E-state index is 11.3. The molecule has 0 saturated heterocycles. The van der Waals surface area contributed by atoms with E-state index in [1.54, 1.807) is 0 Å². The third-order valence-corrected chi connectivity index (χ3v) is 9.87.